The van der Waals surface area contributed by atoms with E-state index in [4.69, 9.17) is 4.74 Å². The molecule has 1 aliphatic heterocycles. The summed E-state index contributed by atoms with van der Waals surface area (Å²) in [5, 5.41) is 3.08. The van der Waals surface area contributed by atoms with Crippen molar-refractivity contribution >= 4 is 15.9 Å². The van der Waals surface area contributed by atoms with Crippen LogP contribution in [-0.4, -0.2) is 76.0 Å². The van der Waals surface area contributed by atoms with E-state index in [1.54, 1.807) is 12.1 Å². The van der Waals surface area contributed by atoms with E-state index in [2.05, 4.69) is 24.3 Å². The van der Waals surface area contributed by atoms with Crippen LogP contribution in [0, 0.1) is 6.92 Å². The van der Waals surface area contributed by atoms with E-state index >= 15 is 0 Å². The molecule has 1 amide bonds. The molecule has 1 N–H and O–H groups in total. The summed E-state index contributed by atoms with van der Waals surface area (Å²) in [6.07, 6.45) is 5.69. The number of morpholine rings is 1. The molecule has 0 aromatic heterocycles. The van der Waals surface area contributed by atoms with Crippen LogP contribution >= 0.6 is 0 Å². The summed E-state index contributed by atoms with van der Waals surface area (Å²) in [4.78, 5) is 15.4. The molecule has 162 valence electrons. The van der Waals surface area contributed by atoms with Crippen LogP contribution in [0.15, 0.2) is 23.1 Å². The van der Waals surface area contributed by atoms with Gasteiger partial charge >= 0.3 is 0 Å². The Morgan fingerprint density at radius 3 is 2.45 bits per heavy atom. The van der Waals surface area contributed by atoms with Crippen molar-refractivity contribution in [1.29, 1.82) is 0 Å². The molecule has 1 aromatic carbocycles. The Morgan fingerprint density at radius 2 is 1.83 bits per heavy atom. The molecule has 7 nitrogen and oxygen atoms in total. The van der Waals surface area contributed by atoms with Gasteiger partial charge in [-0.3, -0.25) is 4.79 Å². The van der Waals surface area contributed by atoms with Gasteiger partial charge in [-0.05, 0) is 51.6 Å². The molecule has 0 spiro atoms. The van der Waals surface area contributed by atoms with Gasteiger partial charge in [0.2, 0.25) is 10.0 Å². The highest BCUT2D eigenvalue weighted by molar-refractivity contribution is 7.89. The molecule has 0 bridgehead atoms. The minimum Gasteiger partial charge on any atom is -0.379 e. The van der Waals surface area contributed by atoms with Crippen LogP contribution in [0.1, 0.15) is 48.0 Å². The topological polar surface area (TPSA) is 78.9 Å². The minimum atomic E-state index is -3.63. The average molecular weight is 424 g/mol. The molecule has 1 aromatic rings. The molecule has 8 heteroatoms. The first-order valence-corrected chi connectivity index (χ1v) is 11.8. The van der Waals surface area contributed by atoms with E-state index in [9.17, 15) is 13.2 Å². The van der Waals surface area contributed by atoms with Crippen LogP contribution in [0.3, 0.4) is 0 Å². The number of sulfonamides is 1. The summed E-state index contributed by atoms with van der Waals surface area (Å²) < 4.78 is 32.6. The van der Waals surface area contributed by atoms with Crippen molar-refractivity contribution in [2.45, 2.75) is 49.5 Å². The third kappa shape index (κ3) is 4.82. The number of hydrogen-bond acceptors (Lipinski definition) is 5. The third-order valence-electron chi connectivity index (χ3n) is 6.37. The fraction of sp³-hybridized carbons (Fsp3) is 0.667. The maximum Gasteiger partial charge on any atom is 0.251 e. The monoisotopic (exact) mass is 423 g/mol. The molecule has 2 fully saturated rings. The van der Waals surface area contributed by atoms with Gasteiger partial charge in [0.15, 0.2) is 0 Å². The van der Waals surface area contributed by atoms with E-state index in [0.717, 1.165) is 18.4 Å². The molecule has 29 heavy (non-hydrogen) atoms. The third-order valence-corrected chi connectivity index (χ3v) is 8.27. The van der Waals surface area contributed by atoms with Gasteiger partial charge in [-0.1, -0.05) is 25.3 Å². The molecule has 1 saturated heterocycles. The predicted octanol–water partition coefficient (Wildman–Crippen LogP) is 2.01. The lowest BCUT2D eigenvalue weighted by Crippen LogP contribution is -2.53. The van der Waals surface area contributed by atoms with Crippen LogP contribution in [0.4, 0.5) is 0 Å². The Bertz CT molecular complexity index is 826. The number of carbonyl (C=O) groups is 1. The van der Waals surface area contributed by atoms with Crippen LogP contribution in [0.2, 0.25) is 0 Å². The standard InChI is InChI=1S/C21H33N3O4S/c1-17-7-8-18(29(26,27)24-11-13-28-14-12-24)15-19(17)20(25)22-16-21(23(2)3)9-5-4-6-10-21/h7-8,15H,4-6,9-14,16H2,1-3H3,(H,22,25). The summed E-state index contributed by atoms with van der Waals surface area (Å²) in [5.41, 5.74) is 1.16. The number of nitrogens with one attached hydrogen (secondary N) is 1. The number of hydrogen-bond donors (Lipinski definition) is 1. The second-order valence-corrected chi connectivity index (χ2v) is 10.3. The first kappa shape index (κ1) is 22.2. The Morgan fingerprint density at radius 1 is 1.17 bits per heavy atom. The zero-order valence-electron chi connectivity index (χ0n) is 17.7. The van der Waals surface area contributed by atoms with Crippen molar-refractivity contribution in [2.24, 2.45) is 0 Å². The summed E-state index contributed by atoms with van der Waals surface area (Å²) in [7, 11) is 0.505. The number of benzene rings is 1. The number of amides is 1. The predicted molar refractivity (Wildman–Crippen MR) is 113 cm³/mol. The van der Waals surface area contributed by atoms with Crippen LogP contribution in [0.5, 0.6) is 0 Å². The van der Waals surface area contributed by atoms with Crippen molar-refractivity contribution in [3.05, 3.63) is 29.3 Å². The molecule has 0 unspecified atom stereocenters. The molecule has 1 heterocycles. The van der Waals surface area contributed by atoms with Gasteiger partial charge in [0.25, 0.3) is 5.91 Å². The van der Waals surface area contributed by atoms with E-state index in [1.807, 2.05) is 6.92 Å². The van der Waals surface area contributed by atoms with Crippen LogP contribution in [0.25, 0.3) is 0 Å². The lowest BCUT2D eigenvalue weighted by molar-refractivity contribution is 0.0730. The Balaban J connectivity index is 1.77. The van der Waals surface area contributed by atoms with Gasteiger partial charge in [-0.25, -0.2) is 8.42 Å². The highest BCUT2D eigenvalue weighted by Gasteiger charge is 2.35. The highest BCUT2D eigenvalue weighted by Crippen LogP contribution is 2.31. The van der Waals surface area contributed by atoms with E-state index in [0.29, 0.717) is 38.4 Å². The second-order valence-electron chi connectivity index (χ2n) is 8.36. The summed E-state index contributed by atoms with van der Waals surface area (Å²) in [6, 6.07) is 4.81. The number of ether oxygens (including phenoxy) is 1. The molecule has 0 atom stereocenters. The molecule has 3 rings (SSSR count). The van der Waals surface area contributed by atoms with Crippen LogP contribution < -0.4 is 5.32 Å². The number of carbonyl (C=O) groups excluding carboxylic acids is 1. The number of aryl methyl sites for hydroxylation is 1. The summed E-state index contributed by atoms with van der Waals surface area (Å²) in [6.45, 7) is 3.86. The summed E-state index contributed by atoms with van der Waals surface area (Å²) in [5.74, 6) is -0.215. The van der Waals surface area contributed by atoms with E-state index < -0.39 is 10.0 Å². The van der Waals surface area contributed by atoms with E-state index in [1.165, 1.54) is 29.6 Å². The molecule has 1 aliphatic carbocycles. The van der Waals surface area contributed by atoms with Crippen molar-refractivity contribution in [3.63, 3.8) is 0 Å². The Hall–Kier alpha value is -1.48. The van der Waals surface area contributed by atoms with Gasteiger partial charge in [0.1, 0.15) is 0 Å². The molecule has 2 aliphatic rings. The molecular weight excluding hydrogens is 390 g/mol. The molecule has 0 radical (unpaired) electrons. The Labute approximate surface area is 174 Å². The van der Waals surface area contributed by atoms with Gasteiger partial charge in [0.05, 0.1) is 18.1 Å². The number of rotatable bonds is 6. The maximum atomic E-state index is 13.0. The lowest BCUT2D eigenvalue weighted by Gasteiger charge is -2.43. The van der Waals surface area contributed by atoms with Crippen molar-refractivity contribution in [2.75, 3.05) is 46.9 Å². The Kier molecular flexibility index (Phi) is 6.98. The number of nitrogens with zero attached hydrogens (tertiary/aromatic N) is 2. The second kappa shape index (κ2) is 9.12. The highest BCUT2D eigenvalue weighted by atomic mass is 32.2. The fourth-order valence-electron chi connectivity index (χ4n) is 4.27. The minimum absolute atomic E-state index is 0.0285. The summed E-state index contributed by atoms with van der Waals surface area (Å²) >= 11 is 0. The van der Waals surface area contributed by atoms with Gasteiger partial charge < -0.3 is 15.0 Å². The first-order chi connectivity index (χ1) is 13.8. The van der Waals surface area contributed by atoms with Gasteiger partial charge in [-0.15, -0.1) is 0 Å². The molecular formula is C21H33N3O4S. The average Bonchev–Trinajstić information content (AvgIpc) is 2.73. The zero-order chi connectivity index (χ0) is 21.1. The van der Waals surface area contributed by atoms with Crippen LogP contribution in [-0.2, 0) is 14.8 Å². The first-order valence-electron chi connectivity index (χ1n) is 10.4. The molecule has 1 saturated carbocycles. The van der Waals surface area contributed by atoms with Gasteiger partial charge in [0, 0.05) is 30.7 Å². The zero-order valence-corrected chi connectivity index (χ0v) is 18.6. The maximum absolute atomic E-state index is 13.0. The van der Waals surface area contributed by atoms with E-state index in [-0.39, 0.29) is 16.3 Å². The largest absolute Gasteiger partial charge is 0.379 e. The van der Waals surface area contributed by atoms with Crippen molar-refractivity contribution in [1.82, 2.24) is 14.5 Å². The number of likely N-dealkylation sites (N-methyl/N-ethyl adjacent to an activating group) is 1. The fourth-order valence-corrected chi connectivity index (χ4v) is 5.71. The van der Waals surface area contributed by atoms with Crippen molar-refractivity contribution < 1.29 is 17.9 Å². The lowest BCUT2D eigenvalue weighted by atomic mass is 9.80. The quantitative estimate of drug-likeness (QED) is 0.757. The smallest absolute Gasteiger partial charge is 0.251 e. The van der Waals surface area contributed by atoms with Gasteiger partial charge in [-0.2, -0.15) is 4.31 Å². The normalized spacial score (nSPS) is 20.6. The van der Waals surface area contributed by atoms with Crippen molar-refractivity contribution in [3.8, 4) is 0 Å². The SMILES string of the molecule is Cc1ccc(S(=O)(=O)N2CCOCC2)cc1C(=O)NCC1(N(C)C)CCCCC1.